The maximum atomic E-state index is 11.0. The molecule has 0 radical (unpaired) electrons. The predicted octanol–water partition coefficient (Wildman–Crippen LogP) is 3.68. The largest absolute Gasteiger partial charge is 0.477 e. The fourth-order valence-corrected chi connectivity index (χ4v) is 2.98. The first kappa shape index (κ1) is 15.1. The van der Waals surface area contributed by atoms with Gasteiger partial charge in [-0.3, -0.25) is 0 Å². The van der Waals surface area contributed by atoms with Crippen molar-refractivity contribution in [3.8, 4) is 6.07 Å². The van der Waals surface area contributed by atoms with Crippen LogP contribution < -0.4 is 4.90 Å². The third-order valence-corrected chi connectivity index (χ3v) is 4.29. The average molecular weight is 300 g/mol. The van der Waals surface area contributed by atoms with Crippen molar-refractivity contribution in [1.29, 1.82) is 5.26 Å². The van der Waals surface area contributed by atoms with Crippen molar-refractivity contribution in [1.82, 2.24) is 0 Å². The van der Waals surface area contributed by atoms with Gasteiger partial charge in [0.2, 0.25) is 0 Å². The minimum Gasteiger partial charge on any atom is -0.477 e. The molecule has 0 unspecified atom stereocenters. The number of para-hydroxylation sites is 1. The van der Waals surface area contributed by atoms with Crippen molar-refractivity contribution in [2.24, 2.45) is 0 Å². The number of thiophene rings is 1. The molecule has 1 N–H and O–H groups in total. The Labute approximate surface area is 127 Å². The first-order valence-corrected chi connectivity index (χ1v) is 7.43. The summed E-state index contributed by atoms with van der Waals surface area (Å²) in [5, 5.41) is 17.9. The molecule has 21 heavy (non-hydrogen) atoms. The van der Waals surface area contributed by atoms with Crippen LogP contribution in [0.5, 0.6) is 0 Å². The average Bonchev–Trinajstić information content (AvgIpc) is 2.86. The van der Waals surface area contributed by atoms with Crippen molar-refractivity contribution in [2.45, 2.75) is 19.9 Å². The van der Waals surface area contributed by atoms with Gasteiger partial charge in [-0.2, -0.15) is 5.26 Å². The first-order valence-electron chi connectivity index (χ1n) is 6.61. The molecule has 0 bridgehead atoms. The number of anilines is 1. The first-order chi connectivity index (χ1) is 10.1. The highest BCUT2D eigenvalue weighted by Crippen LogP contribution is 2.25. The molecule has 0 amide bonds. The van der Waals surface area contributed by atoms with Gasteiger partial charge in [0.25, 0.3) is 0 Å². The molecule has 0 fully saturated rings. The summed E-state index contributed by atoms with van der Waals surface area (Å²) in [6.07, 6.45) is 0.434. The molecule has 5 heteroatoms. The number of aryl methyl sites for hydroxylation is 1. The minimum absolute atomic E-state index is 0.357. The van der Waals surface area contributed by atoms with Crippen LogP contribution in [0.25, 0.3) is 0 Å². The zero-order chi connectivity index (χ0) is 15.2. The maximum absolute atomic E-state index is 11.0. The van der Waals surface area contributed by atoms with Crippen LogP contribution in [0.1, 0.15) is 26.5 Å². The summed E-state index contributed by atoms with van der Waals surface area (Å²) < 4.78 is 0. The highest BCUT2D eigenvalue weighted by atomic mass is 32.1. The topological polar surface area (TPSA) is 64.3 Å². The quantitative estimate of drug-likeness (QED) is 0.884. The van der Waals surface area contributed by atoms with Crippen LogP contribution in [0.2, 0.25) is 0 Å². The van der Waals surface area contributed by atoms with Gasteiger partial charge in [0.05, 0.1) is 12.5 Å². The molecule has 4 nitrogen and oxygen atoms in total. The molecule has 0 atom stereocenters. The Balaban J connectivity index is 2.23. The Hall–Kier alpha value is -2.32. The lowest BCUT2D eigenvalue weighted by molar-refractivity contribution is 0.0702. The predicted molar refractivity (Wildman–Crippen MR) is 83.7 cm³/mol. The highest BCUT2D eigenvalue weighted by Gasteiger charge is 2.14. The molecule has 2 aromatic rings. The SMILES string of the molecule is Cc1sc(C(=O)O)cc1CN(CCC#N)c1ccccc1. The lowest BCUT2D eigenvalue weighted by atomic mass is 10.2. The highest BCUT2D eigenvalue weighted by molar-refractivity contribution is 7.14. The normalized spacial score (nSPS) is 10.1. The van der Waals surface area contributed by atoms with E-state index in [-0.39, 0.29) is 0 Å². The van der Waals surface area contributed by atoms with E-state index in [0.717, 1.165) is 16.1 Å². The van der Waals surface area contributed by atoms with E-state index in [9.17, 15) is 4.79 Å². The van der Waals surface area contributed by atoms with E-state index >= 15 is 0 Å². The molecule has 0 aliphatic rings. The smallest absolute Gasteiger partial charge is 0.345 e. The van der Waals surface area contributed by atoms with Crippen molar-refractivity contribution in [2.75, 3.05) is 11.4 Å². The monoisotopic (exact) mass is 300 g/mol. The van der Waals surface area contributed by atoms with Crippen LogP contribution in [0.15, 0.2) is 36.4 Å². The Kier molecular flexibility index (Phi) is 4.96. The van der Waals surface area contributed by atoms with Gasteiger partial charge < -0.3 is 10.0 Å². The summed E-state index contributed by atoms with van der Waals surface area (Å²) in [5.41, 5.74) is 2.04. The summed E-state index contributed by atoms with van der Waals surface area (Å²) in [7, 11) is 0. The van der Waals surface area contributed by atoms with E-state index in [1.807, 2.05) is 37.3 Å². The summed E-state index contributed by atoms with van der Waals surface area (Å²) in [4.78, 5) is 14.5. The molecule has 0 aliphatic heterocycles. The van der Waals surface area contributed by atoms with Crippen LogP contribution in [-0.2, 0) is 6.54 Å². The molecule has 1 heterocycles. The third kappa shape index (κ3) is 3.83. The third-order valence-electron chi connectivity index (χ3n) is 3.21. The number of aromatic carboxylic acids is 1. The summed E-state index contributed by atoms with van der Waals surface area (Å²) in [5.74, 6) is -0.891. The van der Waals surface area contributed by atoms with Crippen molar-refractivity contribution in [3.05, 3.63) is 51.7 Å². The van der Waals surface area contributed by atoms with Gasteiger partial charge in [-0.05, 0) is 30.7 Å². The van der Waals surface area contributed by atoms with E-state index in [1.54, 1.807) is 6.07 Å². The Morgan fingerprint density at radius 1 is 1.38 bits per heavy atom. The zero-order valence-corrected chi connectivity index (χ0v) is 12.6. The number of carbonyl (C=O) groups is 1. The number of benzene rings is 1. The molecule has 0 saturated heterocycles. The van der Waals surface area contributed by atoms with Gasteiger partial charge in [0.1, 0.15) is 4.88 Å². The fraction of sp³-hybridized carbons (Fsp3) is 0.250. The van der Waals surface area contributed by atoms with Crippen LogP contribution in [0, 0.1) is 18.3 Å². The molecule has 2 rings (SSSR count). The number of nitrogens with zero attached hydrogens (tertiary/aromatic N) is 2. The van der Waals surface area contributed by atoms with Crippen LogP contribution >= 0.6 is 11.3 Å². The second-order valence-corrected chi connectivity index (χ2v) is 5.92. The molecule has 108 valence electrons. The van der Waals surface area contributed by atoms with Gasteiger partial charge in [-0.25, -0.2) is 4.79 Å². The van der Waals surface area contributed by atoms with Gasteiger partial charge in [0.15, 0.2) is 0 Å². The van der Waals surface area contributed by atoms with Crippen molar-refractivity contribution >= 4 is 23.0 Å². The molecule has 0 aliphatic carbocycles. The second-order valence-electron chi connectivity index (χ2n) is 4.66. The molecular formula is C16H16N2O2S. The number of hydrogen-bond acceptors (Lipinski definition) is 4. The Bertz CT molecular complexity index is 659. The molecule has 0 spiro atoms. The number of carboxylic acid groups (broad SMARTS) is 1. The van der Waals surface area contributed by atoms with Gasteiger partial charge in [0, 0.05) is 23.7 Å². The number of nitriles is 1. The second kappa shape index (κ2) is 6.91. The molecule has 1 aromatic carbocycles. The molecular weight excluding hydrogens is 284 g/mol. The lowest BCUT2D eigenvalue weighted by Crippen LogP contribution is -2.23. The number of carboxylic acids is 1. The van der Waals surface area contributed by atoms with E-state index < -0.39 is 5.97 Å². The van der Waals surface area contributed by atoms with Gasteiger partial charge in [-0.15, -0.1) is 11.3 Å². The zero-order valence-electron chi connectivity index (χ0n) is 11.7. The van der Waals surface area contributed by atoms with Gasteiger partial charge in [-0.1, -0.05) is 18.2 Å². The van der Waals surface area contributed by atoms with E-state index in [1.165, 1.54) is 11.3 Å². The van der Waals surface area contributed by atoms with Crippen LogP contribution in [-0.4, -0.2) is 17.6 Å². The van der Waals surface area contributed by atoms with Crippen LogP contribution in [0.4, 0.5) is 5.69 Å². The Morgan fingerprint density at radius 3 is 2.67 bits per heavy atom. The Morgan fingerprint density at radius 2 is 2.10 bits per heavy atom. The lowest BCUT2D eigenvalue weighted by Gasteiger charge is -2.23. The standard InChI is InChI=1S/C16H16N2O2S/c1-12-13(10-15(21-12)16(19)20)11-18(9-5-8-17)14-6-3-2-4-7-14/h2-4,6-7,10H,5,9,11H2,1H3,(H,19,20). The summed E-state index contributed by atoms with van der Waals surface area (Å²) in [6, 6.07) is 13.7. The van der Waals surface area contributed by atoms with E-state index in [4.69, 9.17) is 10.4 Å². The maximum Gasteiger partial charge on any atom is 0.345 e. The van der Waals surface area contributed by atoms with Gasteiger partial charge >= 0.3 is 5.97 Å². The van der Waals surface area contributed by atoms with E-state index in [2.05, 4.69) is 11.0 Å². The molecule has 0 saturated carbocycles. The van der Waals surface area contributed by atoms with Crippen molar-refractivity contribution in [3.63, 3.8) is 0 Å². The number of rotatable bonds is 6. The van der Waals surface area contributed by atoms with E-state index in [0.29, 0.717) is 24.4 Å². The van der Waals surface area contributed by atoms with Crippen LogP contribution in [0.3, 0.4) is 0 Å². The molecule has 1 aromatic heterocycles. The van der Waals surface area contributed by atoms with Crippen molar-refractivity contribution < 1.29 is 9.90 Å². The fourth-order valence-electron chi connectivity index (χ4n) is 2.11. The summed E-state index contributed by atoms with van der Waals surface area (Å²) in [6.45, 7) is 3.17. The minimum atomic E-state index is -0.891. The number of hydrogen-bond donors (Lipinski definition) is 1. The summed E-state index contributed by atoms with van der Waals surface area (Å²) >= 11 is 1.29.